The highest BCUT2D eigenvalue weighted by molar-refractivity contribution is 5.81. The van der Waals surface area contributed by atoms with Crippen molar-refractivity contribution in [1.82, 2.24) is 24.5 Å². The maximum atomic E-state index is 12.7. The fourth-order valence-corrected chi connectivity index (χ4v) is 4.02. The van der Waals surface area contributed by atoms with E-state index in [-0.39, 0.29) is 24.7 Å². The van der Waals surface area contributed by atoms with Crippen LogP contribution in [0.4, 0.5) is 5.82 Å². The van der Waals surface area contributed by atoms with Crippen LogP contribution in [0.1, 0.15) is 26.2 Å². The lowest BCUT2D eigenvalue weighted by atomic mass is 10.1. The zero-order chi connectivity index (χ0) is 23.2. The van der Waals surface area contributed by atoms with Crippen LogP contribution in [0.25, 0.3) is 16.9 Å². The second kappa shape index (κ2) is 10.3. The molecule has 0 unspecified atom stereocenters. The van der Waals surface area contributed by atoms with Crippen LogP contribution in [0.2, 0.25) is 0 Å². The number of hydrogen-bond donors (Lipinski definition) is 0. The van der Waals surface area contributed by atoms with Gasteiger partial charge in [-0.15, -0.1) is 0 Å². The molecule has 2 aromatic heterocycles. The van der Waals surface area contributed by atoms with Gasteiger partial charge in [-0.2, -0.15) is 14.6 Å². The molecule has 1 amide bonds. The monoisotopic (exact) mass is 452 g/mol. The lowest BCUT2D eigenvalue weighted by molar-refractivity contribution is -0.145. The molecule has 10 nitrogen and oxygen atoms in total. The lowest BCUT2D eigenvalue weighted by Crippen LogP contribution is -2.36. The first kappa shape index (κ1) is 22.5. The number of aromatic nitrogens is 4. The lowest BCUT2D eigenvalue weighted by Gasteiger charge is -2.26. The predicted octanol–water partition coefficient (Wildman–Crippen LogP) is 2.18. The zero-order valence-corrected chi connectivity index (χ0v) is 18.9. The Morgan fingerprint density at radius 1 is 1.03 bits per heavy atom. The summed E-state index contributed by atoms with van der Waals surface area (Å²) in [4.78, 5) is 37.0. The van der Waals surface area contributed by atoms with Gasteiger partial charge in [-0.25, -0.2) is 4.98 Å². The maximum Gasteiger partial charge on any atom is 0.306 e. The molecule has 174 valence electrons. The van der Waals surface area contributed by atoms with Gasteiger partial charge in [0.25, 0.3) is 5.78 Å². The first-order valence-electron chi connectivity index (χ1n) is 11.1. The van der Waals surface area contributed by atoms with E-state index >= 15 is 0 Å². The first-order valence-corrected chi connectivity index (χ1v) is 11.1. The van der Waals surface area contributed by atoms with E-state index in [1.54, 1.807) is 18.5 Å². The Hall–Kier alpha value is -3.69. The number of carbonyl (C=O) groups excluding carboxylic acids is 2. The number of anilines is 1. The van der Waals surface area contributed by atoms with E-state index in [2.05, 4.69) is 20.0 Å². The Bertz CT molecular complexity index is 1110. The summed E-state index contributed by atoms with van der Waals surface area (Å²) in [5.41, 5.74) is 1.92. The molecule has 1 saturated heterocycles. The number of nitrogens with zero attached hydrogens (tertiary/aromatic N) is 6. The molecule has 0 bridgehead atoms. The predicted molar refractivity (Wildman–Crippen MR) is 122 cm³/mol. The van der Waals surface area contributed by atoms with Crippen LogP contribution in [0.3, 0.4) is 0 Å². The number of ether oxygens (including phenoxy) is 2. The fraction of sp³-hybridized carbons (Fsp3) is 0.435. The number of methoxy groups -OCH3 is 1. The molecule has 10 heteroatoms. The molecule has 1 fully saturated rings. The second-order valence-corrected chi connectivity index (χ2v) is 7.72. The van der Waals surface area contributed by atoms with Crippen molar-refractivity contribution in [3.63, 3.8) is 0 Å². The van der Waals surface area contributed by atoms with Crippen LogP contribution in [-0.4, -0.2) is 76.3 Å². The molecule has 1 aliphatic heterocycles. The van der Waals surface area contributed by atoms with Crippen molar-refractivity contribution in [1.29, 1.82) is 0 Å². The molecule has 33 heavy (non-hydrogen) atoms. The minimum Gasteiger partial charge on any atom is -0.497 e. The molecule has 0 aliphatic carbocycles. The summed E-state index contributed by atoms with van der Waals surface area (Å²) < 4.78 is 12.0. The van der Waals surface area contributed by atoms with Crippen molar-refractivity contribution in [2.45, 2.75) is 26.2 Å². The highest BCUT2D eigenvalue weighted by Gasteiger charge is 2.24. The van der Waals surface area contributed by atoms with Gasteiger partial charge in [0.15, 0.2) is 0 Å². The van der Waals surface area contributed by atoms with Gasteiger partial charge < -0.3 is 19.3 Å². The van der Waals surface area contributed by atoms with E-state index < -0.39 is 0 Å². The van der Waals surface area contributed by atoms with E-state index in [1.807, 2.05) is 35.4 Å². The average Bonchev–Trinajstić information content (AvgIpc) is 3.19. The second-order valence-electron chi connectivity index (χ2n) is 7.72. The molecule has 1 aliphatic rings. The van der Waals surface area contributed by atoms with Gasteiger partial charge in [0.05, 0.1) is 20.1 Å². The third-order valence-corrected chi connectivity index (χ3v) is 5.68. The summed E-state index contributed by atoms with van der Waals surface area (Å²) in [6.07, 6.45) is 4.38. The molecule has 0 radical (unpaired) electrons. The third-order valence-electron chi connectivity index (χ3n) is 5.68. The largest absolute Gasteiger partial charge is 0.497 e. The Morgan fingerprint density at radius 2 is 1.85 bits per heavy atom. The molecule has 0 saturated carbocycles. The quantitative estimate of drug-likeness (QED) is 0.503. The topological polar surface area (TPSA) is 102 Å². The van der Waals surface area contributed by atoms with Gasteiger partial charge in [-0.1, -0.05) is 12.1 Å². The van der Waals surface area contributed by atoms with Gasteiger partial charge in [0.2, 0.25) is 5.91 Å². The highest BCUT2D eigenvalue weighted by atomic mass is 16.5. The van der Waals surface area contributed by atoms with E-state index in [1.165, 1.54) is 6.33 Å². The maximum absolute atomic E-state index is 12.7. The SMILES string of the molecule is CCOC(=O)CCC(=O)N1CCCN(c2c(-c3ccc(OC)cc3)cnc3ncnn23)CC1. The molecule has 1 aromatic carbocycles. The van der Waals surface area contributed by atoms with Crippen LogP contribution in [0, 0.1) is 0 Å². The molecular weight excluding hydrogens is 424 g/mol. The van der Waals surface area contributed by atoms with E-state index in [0.717, 1.165) is 35.7 Å². The van der Waals surface area contributed by atoms with Gasteiger partial charge in [0, 0.05) is 44.4 Å². The third kappa shape index (κ3) is 5.05. The summed E-state index contributed by atoms with van der Waals surface area (Å²) in [5, 5.41) is 4.41. The average molecular weight is 453 g/mol. The number of fused-ring (bicyclic) bond motifs is 1. The number of esters is 1. The van der Waals surface area contributed by atoms with Crippen LogP contribution in [0.5, 0.6) is 5.75 Å². The fourth-order valence-electron chi connectivity index (χ4n) is 4.02. The molecule has 3 aromatic rings. The van der Waals surface area contributed by atoms with Crippen molar-refractivity contribution >= 4 is 23.5 Å². The summed E-state index contributed by atoms with van der Waals surface area (Å²) >= 11 is 0. The van der Waals surface area contributed by atoms with Crippen molar-refractivity contribution in [3.8, 4) is 16.9 Å². The van der Waals surface area contributed by atoms with Crippen molar-refractivity contribution in [2.24, 2.45) is 0 Å². The summed E-state index contributed by atoms with van der Waals surface area (Å²) in [7, 11) is 1.64. The summed E-state index contributed by atoms with van der Waals surface area (Å²) in [5.74, 6) is 1.83. The van der Waals surface area contributed by atoms with Crippen LogP contribution < -0.4 is 9.64 Å². The van der Waals surface area contributed by atoms with E-state index in [9.17, 15) is 9.59 Å². The summed E-state index contributed by atoms with van der Waals surface area (Å²) in [6.45, 7) is 4.67. The summed E-state index contributed by atoms with van der Waals surface area (Å²) in [6, 6.07) is 7.81. The van der Waals surface area contributed by atoms with Crippen LogP contribution >= 0.6 is 0 Å². The molecular formula is C23H28N6O4. The van der Waals surface area contributed by atoms with Gasteiger partial charge in [-0.3, -0.25) is 9.59 Å². The number of rotatable bonds is 7. The zero-order valence-electron chi connectivity index (χ0n) is 18.9. The highest BCUT2D eigenvalue weighted by Crippen LogP contribution is 2.32. The van der Waals surface area contributed by atoms with Gasteiger partial charge in [0.1, 0.15) is 17.9 Å². The smallest absolute Gasteiger partial charge is 0.306 e. The van der Waals surface area contributed by atoms with Crippen molar-refractivity contribution < 1.29 is 19.1 Å². The Kier molecular flexibility index (Phi) is 7.01. The van der Waals surface area contributed by atoms with Crippen LogP contribution in [0.15, 0.2) is 36.8 Å². The minimum absolute atomic E-state index is 0.0269. The van der Waals surface area contributed by atoms with E-state index in [4.69, 9.17) is 9.47 Å². The Labute approximate surface area is 192 Å². The molecule has 3 heterocycles. The van der Waals surface area contributed by atoms with Crippen LogP contribution in [-0.2, 0) is 14.3 Å². The minimum atomic E-state index is -0.336. The first-order chi connectivity index (χ1) is 16.1. The standard InChI is InChI=1S/C23H28N6O4/c1-3-33-21(31)10-9-20(30)27-11-4-12-28(14-13-27)22-19(15-24-23-25-16-26-29(22)23)17-5-7-18(32-2)8-6-17/h5-8,15-16H,3-4,9-14H2,1-2H3. The number of amides is 1. The Morgan fingerprint density at radius 3 is 2.61 bits per heavy atom. The molecule has 0 atom stereocenters. The van der Waals surface area contributed by atoms with Crippen molar-refractivity contribution in [3.05, 3.63) is 36.8 Å². The normalized spacial score (nSPS) is 14.2. The van der Waals surface area contributed by atoms with E-state index in [0.29, 0.717) is 32.0 Å². The molecule has 0 spiro atoms. The number of hydrogen-bond acceptors (Lipinski definition) is 8. The molecule has 0 N–H and O–H groups in total. The molecule has 4 rings (SSSR count). The number of carbonyl (C=O) groups is 2. The number of benzene rings is 1. The van der Waals surface area contributed by atoms with Gasteiger partial charge in [-0.05, 0) is 31.0 Å². The van der Waals surface area contributed by atoms with Crippen molar-refractivity contribution in [2.75, 3.05) is 44.8 Å². The Balaban J connectivity index is 1.55. The van der Waals surface area contributed by atoms with Gasteiger partial charge >= 0.3 is 5.97 Å².